The SMILES string of the molecule is CCOC(=O)n1nc2c(c1NC)CNC2(C)C. The van der Waals surface area contributed by atoms with E-state index in [1.54, 1.807) is 14.0 Å². The van der Waals surface area contributed by atoms with Crippen molar-refractivity contribution in [3.05, 3.63) is 11.3 Å². The molecule has 0 bridgehead atoms. The smallest absolute Gasteiger partial charge is 0.436 e. The van der Waals surface area contributed by atoms with E-state index < -0.39 is 6.09 Å². The van der Waals surface area contributed by atoms with Gasteiger partial charge in [-0.05, 0) is 20.8 Å². The van der Waals surface area contributed by atoms with Crippen molar-refractivity contribution in [2.24, 2.45) is 0 Å². The van der Waals surface area contributed by atoms with Crippen LogP contribution in [0.5, 0.6) is 0 Å². The predicted molar refractivity (Wildman–Crippen MR) is 64.1 cm³/mol. The van der Waals surface area contributed by atoms with Crippen molar-refractivity contribution >= 4 is 11.9 Å². The van der Waals surface area contributed by atoms with E-state index in [0.29, 0.717) is 19.0 Å². The van der Waals surface area contributed by atoms with Gasteiger partial charge >= 0.3 is 6.09 Å². The third-order valence-corrected chi connectivity index (χ3v) is 2.96. The van der Waals surface area contributed by atoms with E-state index in [9.17, 15) is 4.79 Å². The van der Waals surface area contributed by atoms with Gasteiger partial charge in [-0.25, -0.2) is 4.79 Å². The summed E-state index contributed by atoms with van der Waals surface area (Å²) in [7, 11) is 1.78. The lowest BCUT2D eigenvalue weighted by Crippen LogP contribution is -2.31. The van der Waals surface area contributed by atoms with E-state index in [1.165, 1.54) is 4.68 Å². The van der Waals surface area contributed by atoms with Crippen molar-refractivity contribution in [1.82, 2.24) is 15.1 Å². The van der Waals surface area contributed by atoms with Gasteiger partial charge in [0.15, 0.2) is 0 Å². The van der Waals surface area contributed by atoms with Crippen LogP contribution in [-0.2, 0) is 16.8 Å². The Balaban J connectivity index is 2.46. The van der Waals surface area contributed by atoms with Gasteiger partial charge in [0.1, 0.15) is 5.82 Å². The molecular weight excluding hydrogens is 220 g/mol. The molecule has 0 radical (unpaired) electrons. The van der Waals surface area contributed by atoms with Gasteiger partial charge in [0.05, 0.1) is 17.8 Å². The Hall–Kier alpha value is -1.56. The van der Waals surface area contributed by atoms with Crippen LogP contribution in [0.2, 0.25) is 0 Å². The van der Waals surface area contributed by atoms with Gasteiger partial charge in [-0.1, -0.05) is 0 Å². The molecule has 6 heteroatoms. The highest BCUT2D eigenvalue weighted by molar-refractivity contribution is 5.76. The summed E-state index contributed by atoms with van der Waals surface area (Å²) in [6, 6.07) is 0. The number of anilines is 1. The molecule has 2 N–H and O–H groups in total. The number of hydrogen-bond acceptors (Lipinski definition) is 5. The van der Waals surface area contributed by atoms with Crippen molar-refractivity contribution in [3.8, 4) is 0 Å². The average Bonchev–Trinajstić information content (AvgIpc) is 2.77. The number of nitrogens with one attached hydrogen (secondary N) is 2. The van der Waals surface area contributed by atoms with E-state index in [2.05, 4.69) is 15.7 Å². The second kappa shape index (κ2) is 4.03. The number of carbonyl (C=O) groups is 1. The summed E-state index contributed by atoms with van der Waals surface area (Å²) in [6.45, 7) is 6.91. The highest BCUT2D eigenvalue weighted by atomic mass is 16.6. The molecule has 0 atom stereocenters. The predicted octanol–water partition coefficient (Wildman–Crippen LogP) is 1.27. The Labute approximate surface area is 100 Å². The van der Waals surface area contributed by atoms with Crippen molar-refractivity contribution in [2.45, 2.75) is 32.9 Å². The van der Waals surface area contributed by atoms with Crippen LogP contribution in [0.15, 0.2) is 0 Å². The van der Waals surface area contributed by atoms with Gasteiger partial charge in [-0.15, -0.1) is 4.68 Å². The third kappa shape index (κ3) is 1.78. The zero-order valence-corrected chi connectivity index (χ0v) is 10.6. The molecule has 2 heterocycles. The van der Waals surface area contributed by atoms with Gasteiger partial charge < -0.3 is 15.4 Å². The molecule has 17 heavy (non-hydrogen) atoms. The fraction of sp³-hybridized carbons (Fsp3) is 0.636. The molecule has 0 saturated carbocycles. The topological polar surface area (TPSA) is 68.2 Å². The van der Waals surface area contributed by atoms with E-state index in [1.807, 2.05) is 13.8 Å². The van der Waals surface area contributed by atoms with Crippen LogP contribution in [0.3, 0.4) is 0 Å². The third-order valence-electron chi connectivity index (χ3n) is 2.96. The molecule has 6 nitrogen and oxygen atoms in total. The summed E-state index contributed by atoms with van der Waals surface area (Å²) in [5.41, 5.74) is 1.72. The van der Waals surface area contributed by atoms with Crippen LogP contribution >= 0.6 is 0 Å². The Bertz CT molecular complexity index is 451. The summed E-state index contributed by atoms with van der Waals surface area (Å²) < 4.78 is 6.28. The van der Waals surface area contributed by atoms with Gasteiger partial charge in [0.25, 0.3) is 0 Å². The fourth-order valence-electron chi connectivity index (χ4n) is 2.09. The highest BCUT2D eigenvalue weighted by Gasteiger charge is 2.36. The van der Waals surface area contributed by atoms with Crippen molar-refractivity contribution in [3.63, 3.8) is 0 Å². The quantitative estimate of drug-likeness (QED) is 0.812. The molecule has 0 unspecified atom stereocenters. The van der Waals surface area contributed by atoms with Crippen LogP contribution in [0.4, 0.5) is 10.6 Å². The Kier molecular flexibility index (Phi) is 2.82. The van der Waals surface area contributed by atoms with Crippen molar-refractivity contribution < 1.29 is 9.53 Å². The number of carbonyl (C=O) groups excluding carboxylic acids is 1. The summed E-state index contributed by atoms with van der Waals surface area (Å²) in [6.07, 6.45) is -0.443. The van der Waals surface area contributed by atoms with Crippen LogP contribution in [0.25, 0.3) is 0 Å². The first-order valence-corrected chi connectivity index (χ1v) is 5.73. The molecule has 1 aromatic rings. The highest BCUT2D eigenvalue weighted by Crippen LogP contribution is 2.34. The molecule has 1 aliphatic rings. The number of ether oxygens (including phenoxy) is 1. The molecule has 0 saturated heterocycles. The lowest BCUT2D eigenvalue weighted by molar-refractivity contribution is 0.150. The largest absolute Gasteiger partial charge is 0.448 e. The second-order valence-electron chi connectivity index (χ2n) is 4.52. The molecule has 0 aliphatic carbocycles. The normalized spacial score (nSPS) is 16.7. The van der Waals surface area contributed by atoms with Crippen LogP contribution in [0, 0.1) is 0 Å². The zero-order chi connectivity index (χ0) is 12.6. The summed E-state index contributed by atoms with van der Waals surface area (Å²) in [4.78, 5) is 11.8. The summed E-state index contributed by atoms with van der Waals surface area (Å²) >= 11 is 0. The van der Waals surface area contributed by atoms with Crippen LogP contribution in [0.1, 0.15) is 32.0 Å². The van der Waals surface area contributed by atoms with E-state index in [0.717, 1.165) is 11.3 Å². The van der Waals surface area contributed by atoms with Gasteiger partial charge in [0.2, 0.25) is 0 Å². The fourth-order valence-corrected chi connectivity index (χ4v) is 2.09. The molecular formula is C11H18N4O2. The lowest BCUT2D eigenvalue weighted by Gasteiger charge is -2.17. The first-order valence-electron chi connectivity index (χ1n) is 5.73. The molecule has 0 fully saturated rings. The number of nitrogens with zero attached hydrogens (tertiary/aromatic N) is 2. The second-order valence-corrected chi connectivity index (χ2v) is 4.52. The maximum absolute atomic E-state index is 11.8. The number of aromatic nitrogens is 2. The number of rotatable bonds is 2. The Morgan fingerprint density at radius 3 is 2.94 bits per heavy atom. The molecule has 94 valence electrons. The molecule has 0 amide bonds. The average molecular weight is 238 g/mol. The monoisotopic (exact) mass is 238 g/mol. The van der Waals surface area contributed by atoms with Crippen LogP contribution in [-0.4, -0.2) is 29.5 Å². The number of hydrogen-bond donors (Lipinski definition) is 2. The van der Waals surface area contributed by atoms with Crippen molar-refractivity contribution in [1.29, 1.82) is 0 Å². The Morgan fingerprint density at radius 1 is 1.65 bits per heavy atom. The van der Waals surface area contributed by atoms with Gasteiger partial charge in [-0.2, -0.15) is 5.10 Å². The molecule has 0 spiro atoms. The lowest BCUT2D eigenvalue weighted by atomic mass is 10.0. The summed E-state index contributed by atoms with van der Waals surface area (Å²) in [5.74, 6) is 0.705. The first-order chi connectivity index (χ1) is 8.01. The minimum Gasteiger partial charge on any atom is -0.448 e. The van der Waals surface area contributed by atoms with E-state index >= 15 is 0 Å². The Morgan fingerprint density at radius 2 is 2.35 bits per heavy atom. The van der Waals surface area contributed by atoms with Crippen LogP contribution < -0.4 is 10.6 Å². The van der Waals surface area contributed by atoms with Gasteiger partial charge in [-0.3, -0.25) is 0 Å². The number of fused-ring (bicyclic) bond motifs is 1. The minimum atomic E-state index is -0.443. The summed E-state index contributed by atoms with van der Waals surface area (Å²) in [5, 5.41) is 10.7. The maximum Gasteiger partial charge on any atom is 0.436 e. The maximum atomic E-state index is 11.8. The molecule has 1 aliphatic heterocycles. The minimum absolute atomic E-state index is 0.210. The first kappa shape index (κ1) is 11.9. The standard InChI is InChI=1S/C11H18N4O2/c1-5-17-10(16)15-9(12-4)7-6-13-11(2,3)8(7)14-15/h12-13H,5-6H2,1-4H3. The van der Waals surface area contributed by atoms with E-state index in [-0.39, 0.29) is 5.54 Å². The molecule has 2 rings (SSSR count). The molecule has 0 aromatic carbocycles. The molecule has 1 aromatic heterocycles. The van der Waals surface area contributed by atoms with Crippen molar-refractivity contribution in [2.75, 3.05) is 19.0 Å². The zero-order valence-electron chi connectivity index (χ0n) is 10.6. The van der Waals surface area contributed by atoms with E-state index in [4.69, 9.17) is 4.74 Å². The van der Waals surface area contributed by atoms with Gasteiger partial charge in [0, 0.05) is 19.2 Å².